The van der Waals surface area contributed by atoms with Crippen molar-refractivity contribution in [3.63, 3.8) is 0 Å². The maximum Gasteiger partial charge on any atom is 0.365 e. The van der Waals surface area contributed by atoms with E-state index in [0.717, 1.165) is 11.4 Å². The van der Waals surface area contributed by atoms with Crippen molar-refractivity contribution in [1.29, 1.82) is 0 Å². The molecule has 1 spiro atoms. The van der Waals surface area contributed by atoms with Crippen molar-refractivity contribution < 1.29 is 19.1 Å². The maximum atomic E-state index is 12.3. The van der Waals surface area contributed by atoms with Gasteiger partial charge in [0.15, 0.2) is 0 Å². The second kappa shape index (κ2) is 7.24. The van der Waals surface area contributed by atoms with Gasteiger partial charge in [0.25, 0.3) is 0 Å². The summed E-state index contributed by atoms with van der Waals surface area (Å²) in [5.41, 5.74) is 1.56. The molecular weight excluding hydrogens is 374 g/mol. The Morgan fingerprint density at radius 3 is 2.50 bits per heavy atom. The van der Waals surface area contributed by atoms with Crippen LogP contribution in [0.2, 0.25) is 0 Å². The summed E-state index contributed by atoms with van der Waals surface area (Å²) in [4.78, 5) is 26.9. The number of esters is 2. The Balaban J connectivity index is 2.03. The van der Waals surface area contributed by atoms with Gasteiger partial charge in [-0.3, -0.25) is 0 Å². The number of allylic oxidation sites excluding steroid dienone is 1. The van der Waals surface area contributed by atoms with Crippen LogP contribution in [0, 0.1) is 0 Å². The third kappa shape index (κ3) is 2.95. The molecule has 0 amide bonds. The van der Waals surface area contributed by atoms with Gasteiger partial charge in [0.1, 0.15) is 4.91 Å². The second-order valence-corrected chi connectivity index (χ2v) is 8.09. The molecule has 2 heterocycles. The number of thioether (sulfide) groups is 2. The summed E-state index contributed by atoms with van der Waals surface area (Å²) < 4.78 is 9.19. The van der Waals surface area contributed by atoms with Gasteiger partial charge in [0, 0.05) is 12.7 Å². The lowest BCUT2D eigenvalue weighted by molar-refractivity contribution is -0.135. The number of ether oxygens (including phenoxy) is 2. The predicted molar refractivity (Wildman–Crippen MR) is 103 cm³/mol. The van der Waals surface area contributed by atoms with Crippen LogP contribution in [0.25, 0.3) is 0 Å². The number of hydrogen-bond donors (Lipinski definition) is 0. The maximum absolute atomic E-state index is 12.3. The number of carbonyl (C=O) groups is 2. The first-order valence-corrected chi connectivity index (χ1v) is 9.60. The Morgan fingerprint density at radius 2 is 1.88 bits per heavy atom. The molecule has 2 aliphatic heterocycles. The Bertz CT molecular complexity index is 796. The van der Waals surface area contributed by atoms with Crippen LogP contribution < -0.4 is 5.01 Å². The van der Waals surface area contributed by atoms with Gasteiger partial charge in [-0.05, 0) is 37.7 Å². The van der Waals surface area contributed by atoms with Crippen molar-refractivity contribution in [2.75, 3.05) is 25.8 Å². The summed E-state index contributed by atoms with van der Waals surface area (Å²) in [5.74, 6) is -0.886. The summed E-state index contributed by atoms with van der Waals surface area (Å²) >= 11 is 2.57. The molecule has 0 aromatic heterocycles. The third-order valence-corrected chi connectivity index (χ3v) is 7.03. The number of carbonyl (C=O) groups excluding carboxylic acids is 2. The fourth-order valence-corrected chi connectivity index (χ4v) is 5.51. The van der Waals surface area contributed by atoms with Gasteiger partial charge in [0.05, 0.1) is 19.4 Å². The van der Waals surface area contributed by atoms with Crippen LogP contribution in [0.15, 0.2) is 46.0 Å². The van der Waals surface area contributed by atoms with E-state index in [1.165, 1.54) is 30.6 Å². The van der Waals surface area contributed by atoms with Gasteiger partial charge in [0.2, 0.25) is 9.37 Å². The van der Waals surface area contributed by atoms with Crippen LogP contribution >= 0.6 is 23.5 Å². The SMILES string of the molecule is CCOC(=O)C1=NN(c2ccccc2)[C@@]2(S1)SC(C(=O)OC)=C(C)N2C. The van der Waals surface area contributed by atoms with Gasteiger partial charge in [-0.15, -0.1) is 0 Å². The molecule has 9 heteroatoms. The van der Waals surface area contributed by atoms with Crippen molar-refractivity contribution in [2.45, 2.75) is 18.2 Å². The molecule has 0 bridgehead atoms. The number of anilines is 1. The van der Waals surface area contributed by atoms with Crippen LogP contribution in [0.1, 0.15) is 13.8 Å². The van der Waals surface area contributed by atoms with Crippen LogP contribution in [0.5, 0.6) is 0 Å². The Hall–Kier alpha value is -2.13. The van der Waals surface area contributed by atoms with Gasteiger partial charge in [-0.25, -0.2) is 14.6 Å². The molecule has 1 atom stereocenters. The zero-order valence-electron chi connectivity index (χ0n) is 14.9. The summed E-state index contributed by atoms with van der Waals surface area (Å²) in [6, 6.07) is 9.50. The van der Waals surface area contributed by atoms with Gasteiger partial charge < -0.3 is 14.4 Å². The molecule has 2 aliphatic rings. The summed E-state index contributed by atoms with van der Waals surface area (Å²) in [5, 5.41) is 6.50. The monoisotopic (exact) mass is 393 g/mol. The molecule has 0 radical (unpaired) electrons. The Labute approximate surface area is 160 Å². The molecule has 0 fully saturated rings. The van der Waals surface area contributed by atoms with Crippen LogP contribution in [0.3, 0.4) is 0 Å². The number of nitrogens with zero attached hydrogens (tertiary/aromatic N) is 3. The standard InChI is InChI=1S/C17H19N3O4S2/c1-5-24-16(22)14-18-20(12-9-7-6-8-10-12)17(26-14)19(3)11(2)13(25-17)15(21)23-4/h6-10H,5H2,1-4H3/t17-/m1/s1. The Kier molecular flexibility index (Phi) is 5.19. The van der Waals surface area contributed by atoms with Crippen LogP contribution in [0.4, 0.5) is 5.69 Å². The highest BCUT2D eigenvalue weighted by atomic mass is 32.2. The van der Waals surface area contributed by atoms with Crippen molar-refractivity contribution in [3.05, 3.63) is 40.9 Å². The number of benzene rings is 1. The van der Waals surface area contributed by atoms with E-state index < -0.39 is 16.3 Å². The van der Waals surface area contributed by atoms with Crippen molar-refractivity contribution >= 4 is 46.2 Å². The first kappa shape index (κ1) is 18.7. The highest BCUT2D eigenvalue weighted by Crippen LogP contribution is 2.58. The van der Waals surface area contributed by atoms with E-state index in [2.05, 4.69) is 5.10 Å². The molecule has 7 nitrogen and oxygen atoms in total. The first-order chi connectivity index (χ1) is 12.4. The van der Waals surface area contributed by atoms with E-state index in [1.807, 2.05) is 49.2 Å². The predicted octanol–water partition coefficient (Wildman–Crippen LogP) is 2.81. The molecule has 138 valence electrons. The minimum atomic E-state index is -0.836. The largest absolute Gasteiger partial charge is 0.465 e. The lowest BCUT2D eigenvalue weighted by atomic mass is 10.3. The summed E-state index contributed by atoms with van der Waals surface area (Å²) in [6.07, 6.45) is 0. The van der Waals surface area contributed by atoms with E-state index in [4.69, 9.17) is 9.47 Å². The van der Waals surface area contributed by atoms with E-state index in [0.29, 0.717) is 4.91 Å². The summed E-state index contributed by atoms with van der Waals surface area (Å²) in [7, 11) is 3.22. The van der Waals surface area contributed by atoms with Gasteiger partial charge >= 0.3 is 11.9 Å². The highest BCUT2D eigenvalue weighted by molar-refractivity contribution is 8.28. The van der Waals surface area contributed by atoms with Crippen molar-refractivity contribution in [3.8, 4) is 0 Å². The molecular formula is C17H19N3O4S2. The van der Waals surface area contributed by atoms with E-state index in [1.54, 1.807) is 11.9 Å². The van der Waals surface area contributed by atoms with Crippen molar-refractivity contribution in [2.24, 2.45) is 5.10 Å². The first-order valence-electron chi connectivity index (χ1n) is 7.96. The quantitative estimate of drug-likeness (QED) is 0.723. The average Bonchev–Trinajstić information content (AvgIpc) is 3.16. The topological polar surface area (TPSA) is 71.4 Å². The molecule has 0 saturated heterocycles. The zero-order valence-corrected chi connectivity index (χ0v) is 16.5. The fraction of sp³-hybridized carbons (Fsp3) is 0.353. The number of hydrogen-bond acceptors (Lipinski definition) is 9. The van der Waals surface area contributed by atoms with Crippen LogP contribution in [-0.2, 0) is 19.1 Å². The van der Waals surface area contributed by atoms with E-state index >= 15 is 0 Å². The molecule has 1 aromatic carbocycles. The molecule has 0 unspecified atom stereocenters. The van der Waals surface area contributed by atoms with Gasteiger partial charge in [-0.2, -0.15) is 5.10 Å². The van der Waals surface area contributed by atoms with Gasteiger partial charge in [-0.1, -0.05) is 30.0 Å². The number of methoxy groups -OCH3 is 1. The zero-order chi connectivity index (χ0) is 18.9. The third-order valence-electron chi connectivity index (χ3n) is 4.00. The normalized spacial score (nSPS) is 22.1. The van der Waals surface area contributed by atoms with E-state index in [9.17, 15) is 9.59 Å². The second-order valence-electron chi connectivity index (χ2n) is 5.49. The minimum Gasteiger partial charge on any atom is -0.465 e. The molecule has 3 rings (SSSR count). The highest BCUT2D eigenvalue weighted by Gasteiger charge is 2.56. The lowest BCUT2D eigenvalue weighted by Crippen LogP contribution is -2.47. The Morgan fingerprint density at radius 1 is 1.19 bits per heavy atom. The number of hydrazone groups is 1. The van der Waals surface area contributed by atoms with Crippen molar-refractivity contribution in [1.82, 2.24) is 4.90 Å². The molecule has 26 heavy (non-hydrogen) atoms. The molecule has 0 saturated carbocycles. The molecule has 0 aliphatic carbocycles. The fourth-order valence-electron chi connectivity index (χ4n) is 2.61. The number of para-hydroxylation sites is 1. The lowest BCUT2D eigenvalue weighted by Gasteiger charge is -2.39. The minimum absolute atomic E-state index is 0.244. The smallest absolute Gasteiger partial charge is 0.365 e. The number of rotatable bonds is 4. The van der Waals surface area contributed by atoms with Crippen LogP contribution in [-0.4, -0.2) is 47.0 Å². The van der Waals surface area contributed by atoms with E-state index in [-0.39, 0.29) is 11.7 Å². The molecule has 1 aromatic rings. The average molecular weight is 393 g/mol. The molecule has 0 N–H and O–H groups in total. The summed E-state index contributed by atoms with van der Waals surface area (Å²) in [6.45, 7) is 3.87.